The quantitative estimate of drug-likeness (QED) is 0.678. The van der Waals surface area contributed by atoms with Gasteiger partial charge in [0.05, 0.1) is 25.4 Å². The van der Waals surface area contributed by atoms with Crippen molar-refractivity contribution >= 4 is 16.6 Å². The van der Waals surface area contributed by atoms with Crippen molar-refractivity contribution in [1.29, 1.82) is 0 Å². The lowest BCUT2D eigenvalue weighted by atomic mass is 9.95. The Morgan fingerprint density at radius 3 is 2.38 bits per heavy atom. The molecule has 0 unspecified atom stereocenters. The van der Waals surface area contributed by atoms with Crippen LogP contribution in [0.3, 0.4) is 0 Å². The SMILES string of the molecule is COc1cccc(-c2c(OC)cc(N)c3nc(C(F)(F)F)cc(C)c23)c1. The maximum Gasteiger partial charge on any atom is 0.433 e. The van der Waals surface area contributed by atoms with Crippen LogP contribution in [0.4, 0.5) is 18.9 Å². The monoisotopic (exact) mass is 362 g/mol. The van der Waals surface area contributed by atoms with Gasteiger partial charge in [-0.1, -0.05) is 12.1 Å². The van der Waals surface area contributed by atoms with Gasteiger partial charge in [-0.25, -0.2) is 4.98 Å². The highest BCUT2D eigenvalue weighted by Gasteiger charge is 2.33. The van der Waals surface area contributed by atoms with Gasteiger partial charge in [-0.05, 0) is 36.2 Å². The molecule has 0 atom stereocenters. The number of anilines is 1. The molecular formula is C19H17F3N2O2. The van der Waals surface area contributed by atoms with Gasteiger partial charge < -0.3 is 15.2 Å². The smallest absolute Gasteiger partial charge is 0.433 e. The summed E-state index contributed by atoms with van der Waals surface area (Å²) in [5, 5.41) is 0.517. The van der Waals surface area contributed by atoms with Crippen LogP contribution in [0.1, 0.15) is 11.3 Å². The van der Waals surface area contributed by atoms with E-state index in [2.05, 4.69) is 4.98 Å². The predicted octanol–water partition coefficient (Wildman–Crippen LogP) is 4.83. The number of nitrogen functional groups attached to an aromatic ring is 1. The van der Waals surface area contributed by atoms with E-state index in [0.717, 1.165) is 11.6 Å². The second-order valence-corrected chi connectivity index (χ2v) is 5.82. The zero-order valence-electron chi connectivity index (χ0n) is 14.4. The van der Waals surface area contributed by atoms with Gasteiger partial charge in [0.2, 0.25) is 0 Å². The molecule has 0 bridgehead atoms. The molecule has 0 spiro atoms. The number of aryl methyl sites for hydroxylation is 1. The molecule has 136 valence electrons. The van der Waals surface area contributed by atoms with E-state index in [4.69, 9.17) is 15.2 Å². The molecule has 26 heavy (non-hydrogen) atoms. The van der Waals surface area contributed by atoms with E-state index in [-0.39, 0.29) is 11.2 Å². The summed E-state index contributed by atoms with van der Waals surface area (Å²) in [6.45, 7) is 1.60. The summed E-state index contributed by atoms with van der Waals surface area (Å²) in [5.41, 5.74) is 6.98. The summed E-state index contributed by atoms with van der Waals surface area (Å²) in [6.07, 6.45) is -4.55. The fraction of sp³-hybridized carbons (Fsp3) is 0.211. The number of methoxy groups -OCH3 is 2. The molecule has 0 radical (unpaired) electrons. The fourth-order valence-electron chi connectivity index (χ4n) is 2.97. The molecule has 7 heteroatoms. The number of nitrogens with zero attached hydrogens (tertiary/aromatic N) is 1. The van der Waals surface area contributed by atoms with Gasteiger partial charge in [0.1, 0.15) is 17.2 Å². The number of ether oxygens (including phenoxy) is 2. The molecule has 0 aliphatic heterocycles. The van der Waals surface area contributed by atoms with Crippen molar-refractivity contribution in [3.05, 3.63) is 47.7 Å². The van der Waals surface area contributed by atoms with Crippen molar-refractivity contribution < 1.29 is 22.6 Å². The molecule has 0 saturated heterocycles. The first-order valence-corrected chi connectivity index (χ1v) is 7.75. The number of halogens is 3. The number of nitrogens with two attached hydrogens (primary N) is 1. The minimum atomic E-state index is -4.55. The Labute approximate surface area is 148 Å². The Bertz CT molecular complexity index is 985. The van der Waals surface area contributed by atoms with Crippen LogP contribution >= 0.6 is 0 Å². The molecule has 0 amide bonds. The maximum atomic E-state index is 13.2. The molecule has 1 aromatic heterocycles. The molecule has 3 rings (SSSR count). The minimum Gasteiger partial charge on any atom is -0.497 e. The molecule has 0 aliphatic carbocycles. The van der Waals surface area contributed by atoms with Crippen LogP contribution in [0, 0.1) is 6.92 Å². The van der Waals surface area contributed by atoms with E-state index < -0.39 is 11.9 Å². The first kappa shape index (κ1) is 17.8. The minimum absolute atomic E-state index is 0.0935. The summed E-state index contributed by atoms with van der Waals surface area (Å²) in [4.78, 5) is 3.77. The number of fused-ring (bicyclic) bond motifs is 1. The molecule has 1 heterocycles. The van der Waals surface area contributed by atoms with E-state index in [1.807, 2.05) is 6.07 Å². The van der Waals surface area contributed by atoms with Crippen LogP contribution < -0.4 is 15.2 Å². The van der Waals surface area contributed by atoms with Gasteiger partial charge in [0, 0.05) is 17.0 Å². The van der Waals surface area contributed by atoms with Gasteiger partial charge in [-0.3, -0.25) is 0 Å². The first-order valence-electron chi connectivity index (χ1n) is 7.75. The number of rotatable bonds is 3. The summed E-state index contributed by atoms with van der Waals surface area (Å²) >= 11 is 0. The molecule has 0 fully saturated rings. The zero-order chi connectivity index (χ0) is 19.1. The summed E-state index contributed by atoms with van der Waals surface area (Å²) in [5.74, 6) is 1.07. The van der Waals surface area contributed by atoms with Gasteiger partial charge in [-0.2, -0.15) is 13.2 Å². The van der Waals surface area contributed by atoms with Crippen molar-refractivity contribution in [2.75, 3.05) is 20.0 Å². The Balaban J connectivity index is 2.42. The van der Waals surface area contributed by atoms with Crippen molar-refractivity contribution in [3.8, 4) is 22.6 Å². The van der Waals surface area contributed by atoms with Crippen LogP contribution in [-0.2, 0) is 6.18 Å². The highest BCUT2D eigenvalue weighted by Crippen LogP contribution is 2.43. The van der Waals surface area contributed by atoms with E-state index in [1.165, 1.54) is 13.2 Å². The maximum absolute atomic E-state index is 13.2. The zero-order valence-corrected chi connectivity index (χ0v) is 14.4. The second-order valence-electron chi connectivity index (χ2n) is 5.82. The fourth-order valence-corrected chi connectivity index (χ4v) is 2.97. The first-order chi connectivity index (χ1) is 12.3. The Hall–Kier alpha value is -2.96. The third-order valence-electron chi connectivity index (χ3n) is 4.14. The molecule has 4 nitrogen and oxygen atoms in total. The number of hydrogen-bond donors (Lipinski definition) is 1. The molecule has 3 aromatic rings. The standard InChI is InChI=1S/C19H17F3N2O2/c1-10-7-15(19(20,21)22)24-18-13(23)9-14(26-3)17(16(10)18)11-5-4-6-12(8-11)25-2/h4-9H,23H2,1-3H3. The normalized spacial score (nSPS) is 11.6. The Morgan fingerprint density at radius 1 is 1.04 bits per heavy atom. The number of hydrogen-bond acceptors (Lipinski definition) is 4. The van der Waals surface area contributed by atoms with Crippen LogP contribution in [0.25, 0.3) is 22.0 Å². The van der Waals surface area contributed by atoms with Crippen LogP contribution in [0.2, 0.25) is 0 Å². The molecule has 0 saturated carbocycles. The van der Waals surface area contributed by atoms with E-state index in [1.54, 1.807) is 32.2 Å². The van der Waals surface area contributed by atoms with Crippen LogP contribution in [0.5, 0.6) is 11.5 Å². The summed E-state index contributed by atoms with van der Waals surface area (Å²) in [7, 11) is 3.02. The van der Waals surface area contributed by atoms with E-state index >= 15 is 0 Å². The topological polar surface area (TPSA) is 57.4 Å². The summed E-state index contributed by atoms with van der Waals surface area (Å²) in [6, 6.07) is 9.69. The van der Waals surface area contributed by atoms with Crippen LogP contribution in [-0.4, -0.2) is 19.2 Å². The number of aromatic nitrogens is 1. The number of alkyl halides is 3. The molecule has 0 aliphatic rings. The molecule has 2 aromatic carbocycles. The lowest BCUT2D eigenvalue weighted by molar-refractivity contribution is -0.141. The molecular weight excluding hydrogens is 345 g/mol. The largest absolute Gasteiger partial charge is 0.497 e. The Morgan fingerprint density at radius 2 is 1.77 bits per heavy atom. The lowest BCUT2D eigenvalue weighted by Crippen LogP contribution is -2.10. The van der Waals surface area contributed by atoms with Crippen molar-refractivity contribution in [2.24, 2.45) is 0 Å². The van der Waals surface area contributed by atoms with Gasteiger partial charge in [-0.15, -0.1) is 0 Å². The van der Waals surface area contributed by atoms with Crippen molar-refractivity contribution in [2.45, 2.75) is 13.1 Å². The Kier molecular flexibility index (Phi) is 4.39. The van der Waals surface area contributed by atoms with E-state index in [9.17, 15) is 13.2 Å². The number of pyridine rings is 1. The van der Waals surface area contributed by atoms with Gasteiger partial charge in [0.25, 0.3) is 0 Å². The summed E-state index contributed by atoms with van der Waals surface area (Å²) < 4.78 is 50.1. The second kappa shape index (κ2) is 6.40. The van der Waals surface area contributed by atoms with Gasteiger partial charge in [0.15, 0.2) is 0 Å². The molecule has 2 N–H and O–H groups in total. The van der Waals surface area contributed by atoms with E-state index in [0.29, 0.717) is 28.0 Å². The average molecular weight is 362 g/mol. The van der Waals surface area contributed by atoms with Crippen molar-refractivity contribution in [1.82, 2.24) is 4.98 Å². The third kappa shape index (κ3) is 3.00. The van der Waals surface area contributed by atoms with Crippen LogP contribution in [0.15, 0.2) is 36.4 Å². The van der Waals surface area contributed by atoms with Crippen molar-refractivity contribution in [3.63, 3.8) is 0 Å². The highest BCUT2D eigenvalue weighted by atomic mass is 19.4. The number of benzene rings is 2. The average Bonchev–Trinajstić information content (AvgIpc) is 2.61. The lowest BCUT2D eigenvalue weighted by Gasteiger charge is -2.18. The predicted molar refractivity (Wildman–Crippen MR) is 94.4 cm³/mol. The third-order valence-corrected chi connectivity index (χ3v) is 4.14. The highest BCUT2D eigenvalue weighted by molar-refractivity contribution is 6.05. The van der Waals surface area contributed by atoms with Gasteiger partial charge >= 0.3 is 6.18 Å².